The van der Waals surface area contributed by atoms with Crippen LogP contribution in [0.3, 0.4) is 0 Å². The van der Waals surface area contributed by atoms with Crippen molar-refractivity contribution in [2.45, 2.75) is 26.3 Å². The van der Waals surface area contributed by atoms with Crippen LogP contribution in [0.2, 0.25) is 0 Å². The molecule has 0 fully saturated rings. The molecular formula is C20H24N2O4. The first-order valence-corrected chi connectivity index (χ1v) is 8.42. The van der Waals surface area contributed by atoms with Crippen molar-refractivity contribution in [1.82, 2.24) is 5.32 Å². The Kier molecular flexibility index (Phi) is 6.60. The summed E-state index contributed by atoms with van der Waals surface area (Å²) >= 11 is 0. The molecule has 138 valence electrons. The molecule has 0 spiro atoms. The second-order valence-corrected chi connectivity index (χ2v) is 5.88. The highest BCUT2D eigenvalue weighted by Crippen LogP contribution is 2.29. The van der Waals surface area contributed by atoms with E-state index in [4.69, 9.17) is 9.47 Å². The first-order valence-electron chi connectivity index (χ1n) is 8.42. The molecule has 0 aliphatic carbocycles. The molecule has 2 rings (SSSR count). The second kappa shape index (κ2) is 8.89. The van der Waals surface area contributed by atoms with Crippen molar-refractivity contribution >= 4 is 17.5 Å². The third-order valence-corrected chi connectivity index (χ3v) is 4.06. The Balaban J connectivity index is 2.10. The lowest BCUT2D eigenvalue weighted by molar-refractivity contribution is 0.0937. The molecule has 6 heteroatoms. The van der Waals surface area contributed by atoms with Crippen LogP contribution < -0.4 is 20.1 Å². The summed E-state index contributed by atoms with van der Waals surface area (Å²) in [5, 5.41) is 5.69. The van der Waals surface area contributed by atoms with Crippen LogP contribution >= 0.6 is 0 Å². The Hall–Kier alpha value is -3.02. The standard InChI is InChI=1S/C20H24N2O4/c1-5-13(2)21-19(23)14-6-8-15(9-7-14)20(24)22-17-11-10-16(25-3)12-18(17)26-4/h6-13H,5H2,1-4H3,(H,21,23)(H,22,24). The number of nitrogens with one attached hydrogen (secondary N) is 2. The molecular weight excluding hydrogens is 332 g/mol. The zero-order chi connectivity index (χ0) is 19.1. The van der Waals surface area contributed by atoms with E-state index in [1.165, 1.54) is 7.11 Å². The number of ether oxygens (including phenoxy) is 2. The fourth-order valence-corrected chi connectivity index (χ4v) is 2.28. The molecule has 2 N–H and O–H groups in total. The third kappa shape index (κ3) is 4.75. The zero-order valence-corrected chi connectivity index (χ0v) is 15.5. The average Bonchev–Trinajstić information content (AvgIpc) is 2.68. The summed E-state index contributed by atoms with van der Waals surface area (Å²) in [6, 6.07) is 11.8. The number of amides is 2. The second-order valence-electron chi connectivity index (χ2n) is 5.88. The van der Waals surface area contributed by atoms with Gasteiger partial charge in [0.05, 0.1) is 19.9 Å². The van der Waals surface area contributed by atoms with Crippen LogP contribution in [-0.4, -0.2) is 32.1 Å². The molecule has 2 aromatic carbocycles. The van der Waals surface area contributed by atoms with E-state index < -0.39 is 0 Å². The van der Waals surface area contributed by atoms with Gasteiger partial charge in [-0.1, -0.05) is 6.92 Å². The lowest BCUT2D eigenvalue weighted by atomic mass is 10.1. The van der Waals surface area contributed by atoms with Crippen molar-refractivity contribution in [2.24, 2.45) is 0 Å². The minimum atomic E-state index is -0.289. The lowest BCUT2D eigenvalue weighted by Crippen LogP contribution is -2.31. The van der Waals surface area contributed by atoms with E-state index in [2.05, 4.69) is 10.6 Å². The molecule has 0 saturated carbocycles. The number of rotatable bonds is 7. The minimum absolute atomic E-state index is 0.105. The molecule has 1 unspecified atom stereocenters. The molecule has 0 bridgehead atoms. The smallest absolute Gasteiger partial charge is 0.255 e. The van der Waals surface area contributed by atoms with E-state index in [1.807, 2.05) is 13.8 Å². The molecule has 0 saturated heterocycles. The van der Waals surface area contributed by atoms with Gasteiger partial charge in [0.1, 0.15) is 11.5 Å². The maximum absolute atomic E-state index is 12.4. The number of carbonyl (C=O) groups excluding carboxylic acids is 2. The predicted octanol–water partition coefficient (Wildman–Crippen LogP) is 3.48. The Morgan fingerprint density at radius 3 is 2.12 bits per heavy atom. The van der Waals surface area contributed by atoms with Gasteiger partial charge in [0.2, 0.25) is 0 Å². The van der Waals surface area contributed by atoms with Crippen LogP contribution in [0, 0.1) is 0 Å². The first kappa shape index (κ1) is 19.3. The van der Waals surface area contributed by atoms with Gasteiger partial charge >= 0.3 is 0 Å². The van der Waals surface area contributed by atoms with Gasteiger partial charge in [-0.15, -0.1) is 0 Å². The molecule has 0 heterocycles. The molecule has 0 radical (unpaired) electrons. The molecule has 6 nitrogen and oxygen atoms in total. The minimum Gasteiger partial charge on any atom is -0.497 e. The molecule has 0 aromatic heterocycles. The lowest BCUT2D eigenvalue weighted by Gasteiger charge is -2.13. The maximum Gasteiger partial charge on any atom is 0.255 e. The molecule has 1 atom stereocenters. The summed E-state index contributed by atoms with van der Waals surface area (Å²) in [6.45, 7) is 3.95. The highest BCUT2D eigenvalue weighted by Gasteiger charge is 2.13. The molecule has 0 aliphatic rings. The number of carbonyl (C=O) groups is 2. The number of hydrogen-bond donors (Lipinski definition) is 2. The Morgan fingerprint density at radius 2 is 1.58 bits per heavy atom. The molecule has 2 amide bonds. The highest BCUT2D eigenvalue weighted by atomic mass is 16.5. The summed E-state index contributed by atoms with van der Waals surface area (Å²) in [5.74, 6) is 0.698. The van der Waals surface area contributed by atoms with Crippen LogP contribution in [0.25, 0.3) is 0 Å². The zero-order valence-electron chi connectivity index (χ0n) is 15.5. The third-order valence-electron chi connectivity index (χ3n) is 4.06. The molecule has 26 heavy (non-hydrogen) atoms. The van der Waals surface area contributed by atoms with Crippen molar-refractivity contribution in [3.63, 3.8) is 0 Å². The summed E-state index contributed by atoms with van der Waals surface area (Å²) in [7, 11) is 3.08. The Morgan fingerprint density at radius 1 is 0.962 bits per heavy atom. The SMILES string of the molecule is CCC(C)NC(=O)c1ccc(C(=O)Nc2ccc(OC)cc2OC)cc1. The van der Waals surface area contributed by atoms with Gasteiger partial charge in [-0.2, -0.15) is 0 Å². The van der Waals surface area contributed by atoms with E-state index in [9.17, 15) is 9.59 Å². The maximum atomic E-state index is 12.4. The summed E-state index contributed by atoms with van der Waals surface area (Å²) in [4.78, 5) is 24.5. The highest BCUT2D eigenvalue weighted by molar-refractivity contribution is 6.05. The monoisotopic (exact) mass is 356 g/mol. The molecule has 0 aliphatic heterocycles. The normalized spacial score (nSPS) is 11.4. The van der Waals surface area contributed by atoms with Gasteiger partial charge in [0.25, 0.3) is 11.8 Å². The van der Waals surface area contributed by atoms with Crippen molar-refractivity contribution in [3.8, 4) is 11.5 Å². The molecule has 2 aromatic rings. The van der Waals surface area contributed by atoms with Gasteiger partial charge in [-0.25, -0.2) is 0 Å². The van der Waals surface area contributed by atoms with Crippen molar-refractivity contribution in [3.05, 3.63) is 53.6 Å². The largest absolute Gasteiger partial charge is 0.497 e. The van der Waals surface area contributed by atoms with Gasteiger partial charge < -0.3 is 20.1 Å². The van der Waals surface area contributed by atoms with Crippen LogP contribution in [-0.2, 0) is 0 Å². The summed E-state index contributed by atoms with van der Waals surface area (Å²) in [5.41, 5.74) is 1.50. The van der Waals surface area contributed by atoms with Gasteiger partial charge in [-0.3, -0.25) is 9.59 Å². The van der Waals surface area contributed by atoms with Gasteiger partial charge in [-0.05, 0) is 49.7 Å². The van der Waals surface area contributed by atoms with Crippen LogP contribution in [0.5, 0.6) is 11.5 Å². The Labute approximate surface area is 153 Å². The van der Waals surface area contributed by atoms with E-state index in [0.29, 0.717) is 28.3 Å². The number of anilines is 1. The Bertz CT molecular complexity index is 772. The van der Waals surface area contributed by atoms with Crippen LogP contribution in [0.4, 0.5) is 5.69 Å². The fraction of sp³-hybridized carbons (Fsp3) is 0.300. The summed E-state index contributed by atoms with van der Waals surface area (Å²) < 4.78 is 10.4. The predicted molar refractivity (Wildman–Crippen MR) is 101 cm³/mol. The quantitative estimate of drug-likeness (QED) is 0.796. The number of benzene rings is 2. The van der Waals surface area contributed by atoms with Crippen LogP contribution in [0.1, 0.15) is 41.0 Å². The first-order chi connectivity index (χ1) is 12.5. The summed E-state index contributed by atoms with van der Waals surface area (Å²) in [6.07, 6.45) is 0.857. The van der Waals surface area contributed by atoms with Crippen molar-refractivity contribution in [2.75, 3.05) is 19.5 Å². The van der Waals surface area contributed by atoms with E-state index in [-0.39, 0.29) is 17.9 Å². The van der Waals surface area contributed by atoms with E-state index in [1.54, 1.807) is 49.6 Å². The van der Waals surface area contributed by atoms with Gasteiger partial charge in [0, 0.05) is 23.2 Å². The fourth-order valence-electron chi connectivity index (χ4n) is 2.28. The van der Waals surface area contributed by atoms with E-state index >= 15 is 0 Å². The van der Waals surface area contributed by atoms with E-state index in [0.717, 1.165) is 6.42 Å². The van der Waals surface area contributed by atoms with Crippen molar-refractivity contribution < 1.29 is 19.1 Å². The number of methoxy groups -OCH3 is 2. The average molecular weight is 356 g/mol. The van der Waals surface area contributed by atoms with Gasteiger partial charge in [0.15, 0.2) is 0 Å². The van der Waals surface area contributed by atoms with Crippen LogP contribution in [0.15, 0.2) is 42.5 Å². The van der Waals surface area contributed by atoms with Crippen molar-refractivity contribution in [1.29, 1.82) is 0 Å². The topological polar surface area (TPSA) is 76.7 Å². The number of hydrogen-bond acceptors (Lipinski definition) is 4.